The molecule has 0 fully saturated rings. The van der Waals surface area contributed by atoms with Crippen molar-refractivity contribution in [2.75, 3.05) is 13.2 Å². The van der Waals surface area contributed by atoms with Crippen LogP contribution in [0.15, 0.2) is 31.0 Å². The molecule has 0 saturated carbocycles. The molecular formula is C15H24N2O. The molecule has 3 heteroatoms. The summed E-state index contributed by atoms with van der Waals surface area (Å²) in [7, 11) is 0. The number of rotatable bonds is 9. The number of pyridine rings is 1. The predicted molar refractivity (Wildman–Crippen MR) is 75.7 cm³/mol. The molecule has 0 saturated heterocycles. The van der Waals surface area contributed by atoms with Gasteiger partial charge in [0.25, 0.3) is 0 Å². The molecule has 0 bridgehead atoms. The van der Waals surface area contributed by atoms with Crippen LogP contribution in [-0.4, -0.2) is 18.1 Å². The van der Waals surface area contributed by atoms with Crippen LogP contribution in [0.5, 0.6) is 5.88 Å². The Morgan fingerprint density at radius 1 is 1.44 bits per heavy atom. The summed E-state index contributed by atoms with van der Waals surface area (Å²) in [5.41, 5.74) is 1.19. The first-order valence-corrected chi connectivity index (χ1v) is 6.61. The van der Waals surface area contributed by atoms with E-state index in [-0.39, 0.29) is 0 Å². The summed E-state index contributed by atoms with van der Waals surface area (Å²) in [5.74, 6) is 1.37. The molecule has 0 aromatic carbocycles. The summed E-state index contributed by atoms with van der Waals surface area (Å²) in [4.78, 5) is 4.29. The highest BCUT2D eigenvalue weighted by atomic mass is 16.5. The van der Waals surface area contributed by atoms with Crippen molar-refractivity contribution in [2.24, 2.45) is 5.92 Å². The molecule has 1 aromatic rings. The van der Waals surface area contributed by atoms with Crippen LogP contribution in [0.25, 0.3) is 0 Å². The highest BCUT2D eigenvalue weighted by Gasteiger charge is 1.98. The zero-order valence-corrected chi connectivity index (χ0v) is 11.5. The van der Waals surface area contributed by atoms with Gasteiger partial charge in [-0.2, -0.15) is 0 Å². The molecule has 0 aliphatic carbocycles. The Kier molecular flexibility index (Phi) is 7.11. The van der Waals surface area contributed by atoms with Gasteiger partial charge >= 0.3 is 0 Å². The molecule has 0 aliphatic heterocycles. The number of allylic oxidation sites excluding steroid dienone is 1. The second-order valence-corrected chi connectivity index (χ2v) is 4.81. The number of nitrogens with one attached hydrogen (secondary N) is 1. The van der Waals surface area contributed by atoms with E-state index in [1.54, 1.807) is 0 Å². The summed E-state index contributed by atoms with van der Waals surface area (Å²) >= 11 is 0. The Morgan fingerprint density at radius 2 is 2.28 bits per heavy atom. The van der Waals surface area contributed by atoms with Crippen LogP contribution in [0.3, 0.4) is 0 Å². The number of ether oxygens (including phenoxy) is 1. The maximum Gasteiger partial charge on any atom is 0.213 e. The standard InChI is InChI=1S/C15H24N2O/c1-4-5-6-9-18-15-8-7-14(12-17-15)11-16-10-13(2)3/h4,7-8,12-13,16H,1,5-6,9-11H2,2-3H3. The van der Waals surface area contributed by atoms with E-state index in [1.807, 2.05) is 18.3 Å². The third kappa shape index (κ3) is 6.40. The van der Waals surface area contributed by atoms with Gasteiger partial charge in [0, 0.05) is 18.8 Å². The van der Waals surface area contributed by atoms with Crippen LogP contribution in [0.1, 0.15) is 32.3 Å². The van der Waals surface area contributed by atoms with Crippen LogP contribution in [0, 0.1) is 5.92 Å². The maximum absolute atomic E-state index is 5.53. The quantitative estimate of drug-likeness (QED) is 0.538. The summed E-state index contributed by atoms with van der Waals surface area (Å²) in [6.45, 7) is 10.7. The van der Waals surface area contributed by atoms with Crippen molar-refractivity contribution in [1.29, 1.82) is 0 Å². The maximum atomic E-state index is 5.53. The normalized spacial score (nSPS) is 10.6. The highest BCUT2D eigenvalue weighted by molar-refractivity contribution is 5.17. The second kappa shape index (κ2) is 8.70. The minimum absolute atomic E-state index is 0.672. The molecule has 18 heavy (non-hydrogen) atoms. The van der Waals surface area contributed by atoms with E-state index in [0.29, 0.717) is 18.4 Å². The van der Waals surface area contributed by atoms with Crippen molar-refractivity contribution in [1.82, 2.24) is 10.3 Å². The molecule has 0 radical (unpaired) electrons. The van der Waals surface area contributed by atoms with Crippen molar-refractivity contribution in [3.05, 3.63) is 36.5 Å². The Labute approximate surface area is 110 Å². The van der Waals surface area contributed by atoms with Crippen LogP contribution in [0.2, 0.25) is 0 Å². The molecule has 3 nitrogen and oxygen atoms in total. The van der Waals surface area contributed by atoms with Gasteiger partial charge in [0.1, 0.15) is 0 Å². The zero-order valence-electron chi connectivity index (χ0n) is 11.5. The Balaban J connectivity index is 2.26. The van der Waals surface area contributed by atoms with Crippen LogP contribution >= 0.6 is 0 Å². The van der Waals surface area contributed by atoms with Crippen LogP contribution in [-0.2, 0) is 6.54 Å². The molecule has 1 N–H and O–H groups in total. The number of unbranched alkanes of at least 4 members (excludes halogenated alkanes) is 1. The topological polar surface area (TPSA) is 34.1 Å². The lowest BCUT2D eigenvalue weighted by Crippen LogP contribution is -2.19. The zero-order chi connectivity index (χ0) is 13.2. The molecule has 0 aliphatic rings. The van der Waals surface area contributed by atoms with E-state index in [2.05, 4.69) is 36.8 Å². The fourth-order valence-corrected chi connectivity index (χ4v) is 1.51. The molecule has 0 unspecified atom stereocenters. The van der Waals surface area contributed by atoms with Gasteiger partial charge in [-0.05, 0) is 30.9 Å². The van der Waals surface area contributed by atoms with Crippen molar-refractivity contribution < 1.29 is 4.74 Å². The first-order chi connectivity index (χ1) is 8.72. The van der Waals surface area contributed by atoms with Gasteiger partial charge in [0.05, 0.1) is 6.61 Å². The Bertz CT molecular complexity index is 333. The van der Waals surface area contributed by atoms with Gasteiger partial charge in [-0.15, -0.1) is 6.58 Å². The van der Waals surface area contributed by atoms with Gasteiger partial charge in [-0.3, -0.25) is 0 Å². The van der Waals surface area contributed by atoms with Crippen molar-refractivity contribution >= 4 is 0 Å². The van der Waals surface area contributed by atoms with Crippen LogP contribution < -0.4 is 10.1 Å². The van der Waals surface area contributed by atoms with Gasteiger partial charge in [0.15, 0.2) is 0 Å². The molecule has 0 amide bonds. The lowest BCUT2D eigenvalue weighted by molar-refractivity contribution is 0.300. The monoisotopic (exact) mass is 248 g/mol. The average Bonchev–Trinajstić information content (AvgIpc) is 2.36. The minimum Gasteiger partial charge on any atom is -0.478 e. The van der Waals surface area contributed by atoms with Crippen molar-refractivity contribution in [3.8, 4) is 5.88 Å². The lowest BCUT2D eigenvalue weighted by Gasteiger charge is -2.08. The second-order valence-electron chi connectivity index (χ2n) is 4.81. The van der Waals surface area contributed by atoms with Crippen molar-refractivity contribution in [2.45, 2.75) is 33.2 Å². The minimum atomic E-state index is 0.672. The number of aromatic nitrogens is 1. The molecule has 1 rings (SSSR count). The SMILES string of the molecule is C=CCCCOc1ccc(CNCC(C)C)cn1. The largest absolute Gasteiger partial charge is 0.478 e. The number of hydrogen-bond donors (Lipinski definition) is 1. The lowest BCUT2D eigenvalue weighted by atomic mass is 10.2. The third-order valence-corrected chi connectivity index (χ3v) is 2.48. The van der Waals surface area contributed by atoms with E-state index in [1.165, 1.54) is 5.56 Å². The number of hydrogen-bond acceptors (Lipinski definition) is 3. The van der Waals surface area contributed by atoms with Crippen LogP contribution in [0.4, 0.5) is 0 Å². The molecule has 0 spiro atoms. The van der Waals surface area contributed by atoms with E-state index in [0.717, 1.165) is 25.9 Å². The summed E-state index contributed by atoms with van der Waals surface area (Å²) in [5, 5.41) is 3.39. The van der Waals surface area contributed by atoms with Gasteiger partial charge in [-0.25, -0.2) is 4.98 Å². The van der Waals surface area contributed by atoms with Gasteiger partial charge in [0.2, 0.25) is 5.88 Å². The summed E-state index contributed by atoms with van der Waals surface area (Å²) in [6, 6.07) is 3.99. The summed E-state index contributed by atoms with van der Waals surface area (Å²) < 4.78 is 5.53. The number of nitrogens with zero attached hydrogens (tertiary/aromatic N) is 1. The van der Waals surface area contributed by atoms with Gasteiger partial charge in [-0.1, -0.05) is 26.0 Å². The first-order valence-electron chi connectivity index (χ1n) is 6.61. The molecular weight excluding hydrogens is 224 g/mol. The Morgan fingerprint density at radius 3 is 2.89 bits per heavy atom. The highest BCUT2D eigenvalue weighted by Crippen LogP contribution is 2.08. The van der Waals surface area contributed by atoms with E-state index < -0.39 is 0 Å². The van der Waals surface area contributed by atoms with Gasteiger partial charge < -0.3 is 10.1 Å². The van der Waals surface area contributed by atoms with E-state index >= 15 is 0 Å². The van der Waals surface area contributed by atoms with E-state index in [9.17, 15) is 0 Å². The smallest absolute Gasteiger partial charge is 0.213 e. The molecule has 0 atom stereocenters. The average molecular weight is 248 g/mol. The fraction of sp³-hybridized carbons (Fsp3) is 0.533. The molecule has 1 heterocycles. The first kappa shape index (κ1) is 14.7. The Hall–Kier alpha value is -1.35. The molecule has 100 valence electrons. The molecule has 1 aromatic heterocycles. The summed E-state index contributed by atoms with van der Waals surface area (Å²) in [6.07, 6.45) is 5.75. The van der Waals surface area contributed by atoms with Crippen molar-refractivity contribution in [3.63, 3.8) is 0 Å². The predicted octanol–water partition coefficient (Wildman–Crippen LogP) is 3.17. The fourth-order valence-electron chi connectivity index (χ4n) is 1.51. The third-order valence-electron chi connectivity index (χ3n) is 2.48. The van der Waals surface area contributed by atoms with E-state index in [4.69, 9.17) is 4.74 Å².